The summed E-state index contributed by atoms with van der Waals surface area (Å²) >= 11 is 0. The van der Waals surface area contributed by atoms with Gasteiger partial charge in [-0.3, -0.25) is 9.59 Å². The van der Waals surface area contributed by atoms with Crippen molar-refractivity contribution in [2.75, 3.05) is 13.1 Å². The average molecular weight is 314 g/mol. The number of nitrogens with zero attached hydrogens (tertiary/aromatic N) is 1. The van der Waals surface area contributed by atoms with Gasteiger partial charge in [-0.2, -0.15) is 4.31 Å². The van der Waals surface area contributed by atoms with Gasteiger partial charge in [-0.05, 0) is 24.6 Å². The van der Waals surface area contributed by atoms with Crippen LogP contribution >= 0.6 is 0 Å². The Hall–Kier alpha value is -1.97. The van der Waals surface area contributed by atoms with E-state index in [0.717, 1.165) is 0 Å². The van der Waals surface area contributed by atoms with Gasteiger partial charge in [0.15, 0.2) is 0 Å². The van der Waals surface area contributed by atoms with E-state index in [0.29, 0.717) is 9.87 Å². The van der Waals surface area contributed by atoms with E-state index in [4.69, 9.17) is 17.2 Å². The van der Waals surface area contributed by atoms with Crippen molar-refractivity contribution in [2.24, 2.45) is 17.2 Å². The van der Waals surface area contributed by atoms with E-state index < -0.39 is 34.9 Å². The molecule has 6 N–H and O–H groups in total. The van der Waals surface area contributed by atoms with Crippen molar-refractivity contribution in [1.82, 2.24) is 4.31 Å². The predicted molar refractivity (Wildman–Crippen MR) is 76.2 cm³/mol. The Labute approximate surface area is 122 Å². The highest BCUT2D eigenvalue weighted by molar-refractivity contribution is 7.89. The Kier molecular flexibility index (Phi) is 5.41. The normalized spacial score (nSPS) is 13.1. The van der Waals surface area contributed by atoms with Crippen molar-refractivity contribution in [1.29, 1.82) is 0 Å². The minimum absolute atomic E-state index is 0.0835. The number of benzene rings is 1. The minimum atomic E-state index is -4.07. The second-order valence-electron chi connectivity index (χ2n) is 4.57. The van der Waals surface area contributed by atoms with Gasteiger partial charge in [-0.1, -0.05) is 12.1 Å². The maximum Gasteiger partial charge on any atom is 0.244 e. The van der Waals surface area contributed by atoms with Crippen LogP contribution in [0.15, 0.2) is 29.2 Å². The molecule has 0 aliphatic carbocycles. The molecule has 0 spiro atoms. The van der Waals surface area contributed by atoms with Crippen LogP contribution in [0, 0.1) is 0 Å². The number of hydrogen-bond acceptors (Lipinski definition) is 5. The Morgan fingerprint density at radius 1 is 1.19 bits per heavy atom. The molecule has 2 amide bonds. The van der Waals surface area contributed by atoms with Crippen LogP contribution in [0.5, 0.6) is 0 Å². The van der Waals surface area contributed by atoms with Gasteiger partial charge in [-0.25, -0.2) is 8.42 Å². The summed E-state index contributed by atoms with van der Waals surface area (Å²) in [7, 11) is -4.07. The largest absolute Gasteiger partial charge is 0.369 e. The van der Waals surface area contributed by atoms with Crippen LogP contribution in [0.4, 0.5) is 0 Å². The summed E-state index contributed by atoms with van der Waals surface area (Å²) in [5.41, 5.74) is 16.3. The molecule has 0 aromatic heterocycles. The van der Waals surface area contributed by atoms with E-state index in [1.54, 1.807) is 13.0 Å². The molecule has 116 valence electrons. The first-order valence-electron chi connectivity index (χ1n) is 6.07. The molecule has 21 heavy (non-hydrogen) atoms. The summed E-state index contributed by atoms with van der Waals surface area (Å²) in [5.74, 6) is -1.77. The molecule has 0 saturated carbocycles. The number of rotatable bonds is 7. The molecule has 0 fully saturated rings. The van der Waals surface area contributed by atoms with Crippen molar-refractivity contribution < 1.29 is 18.0 Å². The summed E-state index contributed by atoms with van der Waals surface area (Å²) in [6.07, 6.45) is 0. The van der Waals surface area contributed by atoms with Crippen LogP contribution in [-0.4, -0.2) is 37.6 Å². The van der Waals surface area contributed by atoms with Crippen LogP contribution in [0.25, 0.3) is 0 Å². The summed E-state index contributed by atoms with van der Waals surface area (Å²) in [6.45, 7) is 0.442. The van der Waals surface area contributed by atoms with E-state index in [-0.39, 0.29) is 10.9 Å². The number of primary amides is 2. The molecular formula is C12H18N4O4S. The standard InChI is InChI=1S/C12H18N4O4S/c1-8(13)9-3-2-4-10(5-9)21(19,20)16(6-11(14)17)7-12(15)18/h2-5,8H,6-7,13H2,1H3,(H2,14,17)(H2,15,18). The average Bonchev–Trinajstić information content (AvgIpc) is 2.37. The SMILES string of the molecule is CC(N)c1cccc(S(=O)(=O)N(CC(N)=O)CC(N)=O)c1. The Morgan fingerprint density at radius 2 is 1.71 bits per heavy atom. The number of carbonyl (C=O) groups excluding carboxylic acids is 2. The lowest BCUT2D eigenvalue weighted by Crippen LogP contribution is -2.43. The van der Waals surface area contributed by atoms with E-state index in [2.05, 4.69) is 0 Å². The zero-order valence-corrected chi connectivity index (χ0v) is 12.3. The second-order valence-corrected chi connectivity index (χ2v) is 6.50. The number of sulfonamides is 1. The number of nitrogens with two attached hydrogens (primary N) is 3. The third kappa shape index (κ3) is 4.52. The molecule has 0 aliphatic heterocycles. The zero-order chi connectivity index (χ0) is 16.2. The van der Waals surface area contributed by atoms with Crippen LogP contribution in [-0.2, 0) is 19.6 Å². The van der Waals surface area contributed by atoms with Crippen LogP contribution in [0.3, 0.4) is 0 Å². The van der Waals surface area contributed by atoms with Crippen LogP contribution < -0.4 is 17.2 Å². The van der Waals surface area contributed by atoms with Gasteiger partial charge in [-0.15, -0.1) is 0 Å². The van der Waals surface area contributed by atoms with Crippen molar-refractivity contribution in [3.63, 3.8) is 0 Å². The Balaban J connectivity index is 3.24. The van der Waals surface area contributed by atoms with E-state index >= 15 is 0 Å². The Bertz CT molecular complexity index is 626. The molecule has 1 atom stereocenters. The molecule has 1 unspecified atom stereocenters. The number of hydrogen-bond donors (Lipinski definition) is 3. The molecule has 0 heterocycles. The molecule has 0 radical (unpaired) electrons. The van der Waals surface area contributed by atoms with Gasteiger partial charge < -0.3 is 17.2 Å². The molecule has 1 aromatic carbocycles. The first kappa shape index (κ1) is 17.1. The lowest BCUT2D eigenvalue weighted by atomic mass is 10.1. The lowest BCUT2D eigenvalue weighted by molar-refractivity contribution is -0.120. The van der Waals surface area contributed by atoms with Crippen molar-refractivity contribution in [2.45, 2.75) is 17.9 Å². The highest BCUT2D eigenvalue weighted by Crippen LogP contribution is 2.19. The fraction of sp³-hybridized carbons (Fsp3) is 0.333. The summed E-state index contributed by atoms with van der Waals surface area (Å²) in [6, 6.07) is 5.57. The third-order valence-electron chi connectivity index (χ3n) is 2.69. The smallest absolute Gasteiger partial charge is 0.244 e. The highest BCUT2D eigenvalue weighted by Gasteiger charge is 2.27. The molecule has 9 heteroatoms. The summed E-state index contributed by atoms with van der Waals surface area (Å²) < 4.78 is 25.5. The van der Waals surface area contributed by atoms with Crippen molar-refractivity contribution in [3.8, 4) is 0 Å². The van der Waals surface area contributed by atoms with Crippen molar-refractivity contribution in [3.05, 3.63) is 29.8 Å². The van der Waals surface area contributed by atoms with Gasteiger partial charge >= 0.3 is 0 Å². The van der Waals surface area contributed by atoms with Gasteiger partial charge in [0, 0.05) is 6.04 Å². The summed E-state index contributed by atoms with van der Waals surface area (Å²) in [5, 5.41) is 0. The van der Waals surface area contributed by atoms with Crippen LogP contribution in [0.2, 0.25) is 0 Å². The highest BCUT2D eigenvalue weighted by atomic mass is 32.2. The van der Waals surface area contributed by atoms with Gasteiger partial charge in [0.2, 0.25) is 21.8 Å². The Morgan fingerprint density at radius 3 is 2.14 bits per heavy atom. The minimum Gasteiger partial charge on any atom is -0.369 e. The lowest BCUT2D eigenvalue weighted by Gasteiger charge is -2.19. The topological polar surface area (TPSA) is 150 Å². The van der Waals surface area contributed by atoms with E-state index in [1.165, 1.54) is 18.2 Å². The fourth-order valence-electron chi connectivity index (χ4n) is 1.68. The number of carbonyl (C=O) groups is 2. The van der Waals surface area contributed by atoms with E-state index in [9.17, 15) is 18.0 Å². The molecule has 8 nitrogen and oxygen atoms in total. The van der Waals surface area contributed by atoms with E-state index in [1.807, 2.05) is 0 Å². The first-order valence-corrected chi connectivity index (χ1v) is 7.51. The quantitative estimate of drug-likeness (QED) is 0.569. The molecule has 1 aromatic rings. The summed E-state index contributed by atoms with van der Waals surface area (Å²) in [4.78, 5) is 21.9. The molecule has 0 bridgehead atoms. The maximum absolute atomic E-state index is 12.4. The first-order chi connectivity index (χ1) is 9.64. The molecular weight excluding hydrogens is 296 g/mol. The molecule has 0 saturated heterocycles. The molecule has 0 aliphatic rings. The van der Waals surface area contributed by atoms with Gasteiger partial charge in [0.05, 0.1) is 18.0 Å². The predicted octanol–water partition coefficient (Wildman–Crippen LogP) is -1.33. The molecule has 1 rings (SSSR count). The monoisotopic (exact) mass is 314 g/mol. The van der Waals surface area contributed by atoms with Gasteiger partial charge in [0.1, 0.15) is 0 Å². The van der Waals surface area contributed by atoms with Crippen molar-refractivity contribution >= 4 is 21.8 Å². The zero-order valence-electron chi connectivity index (χ0n) is 11.5. The van der Waals surface area contributed by atoms with Gasteiger partial charge in [0.25, 0.3) is 0 Å². The van der Waals surface area contributed by atoms with Crippen LogP contribution in [0.1, 0.15) is 18.5 Å². The maximum atomic E-state index is 12.4. The third-order valence-corrected chi connectivity index (χ3v) is 4.47. The number of amides is 2. The fourth-order valence-corrected chi connectivity index (χ4v) is 3.11. The second kappa shape index (κ2) is 6.66.